The normalized spacial score (nSPS) is 27.2. The van der Waals surface area contributed by atoms with E-state index in [-0.39, 0.29) is 0 Å². The van der Waals surface area contributed by atoms with Gasteiger partial charge in [0.15, 0.2) is 0 Å². The molecule has 0 spiro atoms. The molecule has 1 atom stereocenters. The second kappa shape index (κ2) is 3.97. The fourth-order valence-electron chi connectivity index (χ4n) is 2.59. The first kappa shape index (κ1) is 9.47. The van der Waals surface area contributed by atoms with Crippen LogP contribution in [-0.2, 0) is 0 Å². The molecule has 1 saturated heterocycles. The minimum atomic E-state index is 0.730. The zero-order chi connectivity index (χ0) is 9.26. The van der Waals surface area contributed by atoms with Crippen LogP contribution in [0.15, 0.2) is 0 Å². The quantitative estimate of drug-likeness (QED) is 0.697. The van der Waals surface area contributed by atoms with Crippen LogP contribution in [-0.4, -0.2) is 30.6 Å². The highest BCUT2D eigenvalue weighted by atomic mass is 15.2. The molecule has 1 saturated carbocycles. The average molecular weight is 182 g/mol. The van der Waals surface area contributed by atoms with E-state index in [0.717, 1.165) is 24.4 Å². The summed E-state index contributed by atoms with van der Waals surface area (Å²) < 4.78 is 0. The van der Waals surface area contributed by atoms with Gasteiger partial charge in [0.1, 0.15) is 0 Å². The van der Waals surface area contributed by atoms with Crippen molar-refractivity contribution in [3.63, 3.8) is 0 Å². The first-order chi connectivity index (χ1) is 6.35. The fraction of sp³-hybridized carbons (Fsp3) is 1.00. The van der Waals surface area contributed by atoms with Crippen molar-refractivity contribution in [2.24, 2.45) is 17.6 Å². The summed E-state index contributed by atoms with van der Waals surface area (Å²) in [5.74, 6) is 1.94. The van der Waals surface area contributed by atoms with Crippen LogP contribution in [0.1, 0.15) is 32.6 Å². The maximum absolute atomic E-state index is 5.80. The Morgan fingerprint density at radius 2 is 2.08 bits per heavy atom. The van der Waals surface area contributed by atoms with Gasteiger partial charge in [0, 0.05) is 25.7 Å². The molecule has 0 radical (unpaired) electrons. The van der Waals surface area contributed by atoms with Crippen LogP contribution in [0.4, 0.5) is 0 Å². The maximum atomic E-state index is 5.80. The van der Waals surface area contributed by atoms with Gasteiger partial charge in [-0.25, -0.2) is 0 Å². The molecule has 2 heteroatoms. The Morgan fingerprint density at radius 3 is 2.54 bits per heavy atom. The highest BCUT2D eigenvalue weighted by molar-refractivity contribution is 4.94. The molecule has 0 amide bonds. The van der Waals surface area contributed by atoms with Crippen molar-refractivity contribution in [2.45, 2.75) is 38.6 Å². The zero-order valence-electron chi connectivity index (χ0n) is 8.71. The average Bonchev–Trinajstić information content (AvgIpc) is 2.85. The molecule has 0 aromatic carbocycles. The highest BCUT2D eigenvalue weighted by Gasteiger charge is 2.39. The van der Waals surface area contributed by atoms with Crippen LogP contribution in [0, 0.1) is 11.8 Å². The van der Waals surface area contributed by atoms with Gasteiger partial charge in [-0.05, 0) is 31.1 Å². The predicted octanol–water partition coefficient (Wildman–Crippen LogP) is 1.46. The summed E-state index contributed by atoms with van der Waals surface area (Å²) in [6, 6.07) is 0.730. The molecule has 1 aliphatic carbocycles. The molecular formula is C11H22N2. The molecule has 0 aromatic rings. The predicted molar refractivity (Wildman–Crippen MR) is 55.5 cm³/mol. The van der Waals surface area contributed by atoms with E-state index in [4.69, 9.17) is 5.73 Å². The van der Waals surface area contributed by atoms with Crippen molar-refractivity contribution in [1.82, 2.24) is 4.90 Å². The Bertz CT molecular complexity index is 159. The van der Waals surface area contributed by atoms with Gasteiger partial charge in [-0.3, -0.25) is 4.90 Å². The standard InChI is InChI=1S/C11H22N2/c1-2-3-9-7-13(8-9)11(6-12)10-4-5-10/h9-11H,2-8,12H2,1H3. The third kappa shape index (κ3) is 2.05. The number of rotatable bonds is 5. The first-order valence-corrected chi connectivity index (χ1v) is 5.79. The third-order valence-electron chi connectivity index (χ3n) is 3.56. The van der Waals surface area contributed by atoms with E-state index in [1.54, 1.807) is 0 Å². The lowest BCUT2D eigenvalue weighted by molar-refractivity contribution is 0.0415. The molecule has 0 bridgehead atoms. The Balaban J connectivity index is 1.71. The van der Waals surface area contributed by atoms with Crippen molar-refractivity contribution in [2.75, 3.05) is 19.6 Å². The molecule has 1 heterocycles. The van der Waals surface area contributed by atoms with Gasteiger partial charge in [-0.1, -0.05) is 13.3 Å². The third-order valence-corrected chi connectivity index (χ3v) is 3.56. The van der Waals surface area contributed by atoms with Crippen LogP contribution >= 0.6 is 0 Å². The SMILES string of the molecule is CCCC1CN(C(CN)C2CC2)C1. The number of nitrogens with two attached hydrogens (primary N) is 1. The molecule has 2 fully saturated rings. The highest BCUT2D eigenvalue weighted by Crippen LogP contribution is 2.37. The summed E-state index contributed by atoms with van der Waals surface area (Å²) in [6.07, 6.45) is 5.61. The van der Waals surface area contributed by atoms with E-state index < -0.39 is 0 Å². The molecule has 2 aliphatic rings. The van der Waals surface area contributed by atoms with E-state index in [9.17, 15) is 0 Å². The van der Waals surface area contributed by atoms with Crippen LogP contribution in [0.3, 0.4) is 0 Å². The van der Waals surface area contributed by atoms with Crippen LogP contribution in [0.5, 0.6) is 0 Å². The van der Waals surface area contributed by atoms with Gasteiger partial charge in [-0.15, -0.1) is 0 Å². The zero-order valence-corrected chi connectivity index (χ0v) is 8.71. The van der Waals surface area contributed by atoms with Gasteiger partial charge in [0.05, 0.1) is 0 Å². The molecule has 2 nitrogen and oxygen atoms in total. The van der Waals surface area contributed by atoms with Crippen LogP contribution < -0.4 is 5.73 Å². The molecule has 2 N–H and O–H groups in total. The van der Waals surface area contributed by atoms with E-state index in [2.05, 4.69) is 11.8 Å². The van der Waals surface area contributed by atoms with Gasteiger partial charge in [0.2, 0.25) is 0 Å². The number of hydrogen-bond acceptors (Lipinski definition) is 2. The molecule has 76 valence electrons. The smallest absolute Gasteiger partial charge is 0.0246 e. The Morgan fingerprint density at radius 1 is 1.38 bits per heavy atom. The summed E-state index contributed by atoms with van der Waals surface area (Å²) in [5.41, 5.74) is 5.80. The molecule has 13 heavy (non-hydrogen) atoms. The summed E-state index contributed by atoms with van der Waals surface area (Å²) in [7, 11) is 0. The monoisotopic (exact) mass is 182 g/mol. The Hall–Kier alpha value is -0.0800. The number of likely N-dealkylation sites (tertiary alicyclic amines) is 1. The molecule has 0 aromatic heterocycles. The summed E-state index contributed by atoms with van der Waals surface area (Å²) in [5, 5.41) is 0. The molecule has 1 unspecified atom stereocenters. The van der Waals surface area contributed by atoms with Crippen molar-refractivity contribution < 1.29 is 0 Å². The lowest BCUT2D eigenvalue weighted by atomic mass is 9.92. The fourth-order valence-corrected chi connectivity index (χ4v) is 2.59. The minimum absolute atomic E-state index is 0.730. The topological polar surface area (TPSA) is 29.3 Å². The maximum Gasteiger partial charge on any atom is 0.0246 e. The van der Waals surface area contributed by atoms with E-state index >= 15 is 0 Å². The van der Waals surface area contributed by atoms with Crippen molar-refractivity contribution in [3.8, 4) is 0 Å². The molecule has 1 aliphatic heterocycles. The van der Waals surface area contributed by atoms with Crippen LogP contribution in [0.25, 0.3) is 0 Å². The Labute approximate surface area is 81.5 Å². The molecular weight excluding hydrogens is 160 g/mol. The van der Waals surface area contributed by atoms with Gasteiger partial charge in [-0.2, -0.15) is 0 Å². The number of nitrogens with zero attached hydrogens (tertiary/aromatic N) is 1. The minimum Gasteiger partial charge on any atom is -0.329 e. The lowest BCUT2D eigenvalue weighted by Crippen LogP contribution is -2.55. The summed E-state index contributed by atoms with van der Waals surface area (Å²) in [4.78, 5) is 2.61. The lowest BCUT2D eigenvalue weighted by Gasteiger charge is -2.44. The van der Waals surface area contributed by atoms with E-state index in [1.165, 1.54) is 38.8 Å². The van der Waals surface area contributed by atoms with Crippen molar-refractivity contribution in [3.05, 3.63) is 0 Å². The van der Waals surface area contributed by atoms with Crippen molar-refractivity contribution >= 4 is 0 Å². The Kier molecular flexibility index (Phi) is 2.89. The van der Waals surface area contributed by atoms with Crippen molar-refractivity contribution in [1.29, 1.82) is 0 Å². The van der Waals surface area contributed by atoms with Gasteiger partial charge < -0.3 is 5.73 Å². The second-order valence-electron chi connectivity index (χ2n) is 4.75. The van der Waals surface area contributed by atoms with Gasteiger partial charge >= 0.3 is 0 Å². The van der Waals surface area contributed by atoms with E-state index in [1.807, 2.05) is 0 Å². The largest absolute Gasteiger partial charge is 0.329 e. The van der Waals surface area contributed by atoms with Gasteiger partial charge in [0.25, 0.3) is 0 Å². The summed E-state index contributed by atoms with van der Waals surface area (Å²) in [6.45, 7) is 5.81. The second-order valence-corrected chi connectivity index (χ2v) is 4.75. The molecule has 2 rings (SSSR count). The van der Waals surface area contributed by atoms with Crippen LogP contribution in [0.2, 0.25) is 0 Å². The number of hydrogen-bond donors (Lipinski definition) is 1. The first-order valence-electron chi connectivity index (χ1n) is 5.79. The summed E-state index contributed by atoms with van der Waals surface area (Å²) >= 11 is 0. The van der Waals surface area contributed by atoms with E-state index in [0.29, 0.717) is 0 Å².